The first-order valence-corrected chi connectivity index (χ1v) is 5.95. The maximum absolute atomic E-state index is 5.66. The minimum atomic E-state index is 0.682. The topological polar surface area (TPSA) is 81.7 Å². The molecule has 1 aromatic carbocycles. The van der Waals surface area contributed by atoms with E-state index in [9.17, 15) is 0 Å². The molecule has 0 saturated heterocycles. The normalized spacial score (nSPS) is 10.8. The second kappa shape index (κ2) is 4.56. The molecule has 0 aliphatic carbocycles. The Morgan fingerprint density at radius 3 is 2.79 bits per heavy atom. The van der Waals surface area contributed by atoms with Crippen LogP contribution in [0.1, 0.15) is 5.56 Å². The third kappa shape index (κ3) is 2.20. The lowest BCUT2D eigenvalue weighted by atomic mass is 10.2. The predicted octanol–water partition coefficient (Wildman–Crippen LogP) is 1.56. The zero-order valence-electron chi connectivity index (χ0n) is 10.5. The molecule has 96 valence electrons. The molecule has 6 heteroatoms. The number of anilines is 2. The fourth-order valence-corrected chi connectivity index (χ4v) is 1.92. The number of hydrogen-bond donors (Lipinski definition) is 2. The van der Waals surface area contributed by atoms with Gasteiger partial charge < -0.3 is 11.1 Å². The summed E-state index contributed by atoms with van der Waals surface area (Å²) < 4.78 is 1.73. The van der Waals surface area contributed by atoms with Crippen molar-refractivity contribution in [1.29, 1.82) is 0 Å². The highest BCUT2D eigenvalue weighted by Gasteiger charge is 2.06. The fourth-order valence-electron chi connectivity index (χ4n) is 1.92. The molecule has 0 bridgehead atoms. The van der Waals surface area contributed by atoms with Gasteiger partial charge in [-0.25, -0.2) is 9.97 Å². The SMILES string of the molecule is Cn1ncc2c(NCc3ccc(N)cc3)ncnc21. The van der Waals surface area contributed by atoms with Crippen molar-refractivity contribution in [3.63, 3.8) is 0 Å². The molecule has 19 heavy (non-hydrogen) atoms. The molecule has 0 radical (unpaired) electrons. The first-order chi connectivity index (χ1) is 9.24. The van der Waals surface area contributed by atoms with Gasteiger partial charge in [0.25, 0.3) is 0 Å². The maximum atomic E-state index is 5.66. The van der Waals surface area contributed by atoms with E-state index in [1.165, 1.54) is 6.33 Å². The number of fused-ring (bicyclic) bond motifs is 1. The summed E-state index contributed by atoms with van der Waals surface area (Å²) in [7, 11) is 1.86. The molecule has 0 atom stereocenters. The van der Waals surface area contributed by atoms with Crippen LogP contribution in [0.25, 0.3) is 11.0 Å². The summed E-state index contributed by atoms with van der Waals surface area (Å²) in [6.07, 6.45) is 3.30. The summed E-state index contributed by atoms with van der Waals surface area (Å²) >= 11 is 0. The third-order valence-corrected chi connectivity index (χ3v) is 2.97. The number of aromatic nitrogens is 4. The monoisotopic (exact) mass is 254 g/mol. The lowest BCUT2D eigenvalue weighted by molar-refractivity contribution is 0.785. The van der Waals surface area contributed by atoms with Crippen LogP contribution in [-0.4, -0.2) is 19.7 Å². The zero-order chi connectivity index (χ0) is 13.2. The zero-order valence-corrected chi connectivity index (χ0v) is 10.5. The van der Waals surface area contributed by atoms with Crippen molar-refractivity contribution in [1.82, 2.24) is 19.7 Å². The standard InChI is InChI=1S/C13H14N6/c1-19-13-11(7-18-19)12(16-8-17-13)15-6-9-2-4-10(14)5-3-9/h2-5,7-8H,6,14H2,1H3,(H,15,16,17). The molecule has 6 nitrogen and oxygen atoms in total. The largest absolute Gasteiger partial charge is 0.399 e. The molecule has 3 rings (SSSR count). The van der Waals surface area contributed by atoms with Gasteiger partial charge in [0.2, 0.25) is 0 Å². The van der Waals surface area contributed by atoms with Gasteiger partial charge >= 0.3 is 0 Å². The van der Waals surface area contributed by atoms with Gasteiger partial charge in [-0.2, -0.15) is 5.10 Å². The van der Waals surface area contributed by atoms with Gasteiger partial charge in [-0.15, -0.1) is 0 Å². The average molecular weight is 254 g/mol. The van der Waals surface area contributed by atoms with Crippen molar-refractivity contribution < 1.29 is 0 Å². The number of aryl methyl sites for hydroxylation is 1. The van der Waals surface area contributed by atoms with Gasteiger partial charge in [-0.1, -0.05) is 12.1 Å². The number of nitrogens with zero attached hydrogens (tertiary/aromatic N) is 4. The van der Waals surface area contributed by atoms with E-state index < -0.39 is 0 Å². The molecule has 0 amide bonds. The van der Waals surface area contributed by atoms with Crippen LogP contribution in [0.3, 0.4) is 0 Å². The first kappa shape index (κ1) is 11.5. The Kier molecular flexibility index (Phi) is 2.75. The highest BCUT2D eigenvalue weighted by Crippen LogP contribution is 2.18. The van der Waals surface area contributed by atoms with E-state index in [4.69, 9.17) is 5.73 Å². The van der Waals surface area contributed by atoms with Crippen LogP contribution in [0.4, 0.5) is 11.5 Å². The van der Waals surface area contributed by atoms with Gasteiger partial charge in [0, 0.05) is 19.3 Å². The molecule has 0 aliphatic rings. The van der Waals surface area contributed by atoms with E-state index in [-0.39, 0.29) is 0 Å². The van der Waals surface area contributed by atoms with Crippen LogP contribution in [0.2, 0.25) is 0 Å². The Balaban J connectivity index is 1.83. The molecule has 0 saturated carbocycles. The van der Waals surface area contributed by atoms with Crippen molar-refractivity contribution in [2.75, 3.05) is 11.1 Å². The Bertz CT molecular complexity index is 701. The summed E-state index contributed by atoms with van der Waals surface area (Å²) in [5, 5.41) is 8.39. The highest BCUT2D eigenvalue weighted by molar-refractivity contribution is 5.85. The molecule has 0 fully saturated rings. The molecular formula is C13H14N6. The first-order valence-electron chi connectivity index (χ1n) is 5.95. The van der Waals surface area contributed by atoms with Gasteiger partial charge in [0.05, 0.1) is 11.6 Å². The van der Waals surface area contributed by atoms with Crippen molar-refractivity contribution >= 4 is 22.5 Å². The molecule has 2 heterocycles. The maximum Gasteiger partial charge on any atom is 0.163 e. The van der Waals surface area contributed by atoms with Crippen LogP contribution in [0.15, 0.2) is 36.8 Å². The number of nitrogen functional groups attached to an aromatic ring is 1. The second-order valence-electron chi connectivity index (χ2n) is 4.32. The predicted molar refractivity (Wildman–Crippen MR) is 74.5 cm³/mol. The lowest BCUT2D eigenvalue weighted by Gasteiger charge is -2.06. The smallest absolute Gasteiger partial charge is 0.163 e. The van der Waals surface area contributed by atoms with Crippen LogP contribution in [0.5, 0.6) is 0 Å². The Labute approximate surface area is 110 Å². The summed E-state index contributed by atoms with van der Waals surface area (Å²) in [6.45, 7) is 0.682. The number of rotatable bonds is 3. The Morgan fingerprint density at radius 2 is 2.00 bits per heavy atom. The quantitative estimate of drug-likeness (QED) is 0.693. The van der Waals surface area contributed by atoms with Crippen LogP contribution in [-0.2, 0) is 13.6 Å². The van der Waals surface area contributed by atoms with Gasteiger partial charge in [0.1, 0.15) is 12.1 Å². The number of hydrogen-bond acceptors (Lipinski definition) is 5. The van der Waals surface area contributed by atoms with E-state index >= 15 is 0 Å². The average Bonchev–Trinajstić information content (AvgIpc) is 2.81. The molecule has 3 aromatic rings. The van der Waals surface area contributed by atoms with Gasteiger partial charge in [0.15, 0.2) is 5.65 Å². The van der Waals surface area contributed by atoms with Crippen molar-refractivity contribution in [2.45, 2.75) is 6.54 Å². The Hall–Kier alpha value is -2.63. The summed E-state index contributed by atoms with van der Waals surface area (Å²) in [5.41, 5.74) is 8.38. The molecule has 2 aromatic heterocycles. The van der Waals surface area contributed by atoms with Crippen molar-refractivity contribution in [2.24, 2.45) is 7.05 Å². The van der Waals surface area contributed by atoms with E-state index in [0.29, 0.717) is 6.54 Å². The molecular weight excluding hydrogens is 240 g/mol. The van der Waals surface area contributed by atoms with Crippen LogP contribution < -0.4 is 11.1 Å². The lowest BCUT2D eigenvalue weighted by Crippen LogP contribution is -2.02. The van der Waals surface area contributed by atoms with Crippen LogP contribution >= 0.6 is 0 Å². The fraction of sp³-hybridized carbons (Fsp3) is 0.154. The number of benzene rings is 1. The van der Waals surface area contributed by atoms with Gasteiger partial charge in [-0.05, 0) is 17.7 Å². The molecule has 3 N–H and O–H groups in total. The second-order valence-corrected chi connectivity index (χ2v) is 4.32. The van der Waals surface area contributed by atoms with Gasteiger partial charge in [-0.3, -0.25) is 4.68 Å². The van der Waals surface area contributed by atoms with E-state index in [1.54, 1.807) is 10.9 Å². The van der Waals surface area contributed by atoms with E-state index in [2.05, 4.69) is 20.4 Å². The summed E-state index contributed by atoms with van der Waals surface area (Å²) in [5.74, 6) is 0.787. The summed E-state index contributed by atoms with van der Waals surface area (Å²) in [6, 6.07) is 7.75. The third-order valence-electron chi connectivity index (χ3n) is 2.97. The highest BCUT2D eigenvalue weighted by atomic mass is 15.3. The number of nitrogens with one attached hydrogen (secondary N) is 1. The Morgan fingerprint density at radius 1 is 1.21 bits per heavy atom. The minimum Gasteiger partial charge on any atom is -0.399 e. The molecule has 0 spiro atoms. The van der Waals surface area contributed by atoms with Crippen LogP contribution in [0, 0.1) is 0 Å². The molecule has 0 unspecified atom stereocenters. The number of nitrogens with two attached hydrogens (primary N) is 1. The van der Waals surface area contributed by atoms with Crippen molar-refractivity contribution in [3.8, 4) is 0 Å². The summed E-state index contributed by atoms with van der Waals surface area (Å²) in [4.78, 5) is 8.45. The van der Waals surface area contributed by atoms with E-state index in [0.717, 1.165) is 28.1 Å². The van der Waals surface area contributed by atoms with E-state index in [1.807, 2.05) is 31.3 Å². The molecule has 0 aliphatic heterocycles. The minimum absolute atomic E-state index is 0.682. The van der Waals surface area contributed by atoms with Crippen molar-refractivity contribution in [3.05, 3.63) is 42.4 Å².